The lowest BCUT2D eigenvalue weighted by Crippen LogP contribution is -2.34. The van der Waals surface area contributed by atoms with Gasteiger partial charge in [0.2, 0.25) is 0 Å². The van der Waals surface area contributed by atoms with Crippen LogP contribution in [0.5, 0.6) is 0 Å². The maximum atomic E-state index is 4.78. The number of hydrogen-bond acceptors (Lipinski definition) is 6. The largest absolute Gasteiger partial charge is 0.342 e. The van der Waals surface area contributed by atoms with Crippen molar-refractivity contribution in [3.8, 4) is 0 Å². The average Bonchev–Trinajstić information content (AvgIpc) is 3.21. The Balaban J connectivity index is 1.47. The van der Waals surface area contributed by atoms with Gasteiger partial charge in [-0.2, -0.15) is 0 Å². The lowest BCUT2D eigenvalue weighted by atomic mass is 9.97. The molecule has 0 spiro atoms. The molecule has 0 radical (unpaired) electrons. The molecule has 1 aliphatic heterocycles. The quantitative estimate of drug-likeness (QED) is 0.733. The number of benzene rings is 1. The van der Waals surface area contributed by atoms with Crippen LogP contribution in [0.4, 0.5) is 0 Å². The highest BCUT2D eigenvalue weighted by atomic mass is 32.2. The van der Waals surface area contributed by atoms with Crippen molar-refractivity contribution >= 4 is 34.1 Å². The van der Waals surface area contributed by atoms with Crippen molar-refractivity contribution in [2.45, 2.75) is 29.6 Å². The Kier molecular flexibility index (Phi) is 4.33. The monoisotopic (exact) mass is 345 g/mol. The zero-order valence-corrected chi connectivity index (χ0v) is 14.7. The van der Waals surface area contributed by atoms with Crippen molar-refractivity contribution < 1.29 is 0 Å². The molecule has 1 saturated heterocycles. The van der Waals surface area contributed by atoms with Gasteiger partial charge in [-0.1, -0.05) is 35.2 Å². The number of thioether (sulfide) groups is 1. The van der Waals surface area contributed by atoms with Gasteiger partial charge in [-0.05, 0) is 37.8 Å². The van der Waals surface area contributed by atoms with Gasteiger partial charge in [-0.3, -0.25) is 4.90 Å². The molecule has 0 amide bonds. The molecule has 1 aliphatic rings. The second-order valence-corrected chi connectivity index (χ2v) is 7.99. The second-order valence-electron chi connectivity index (χ2n) is 5.88. The van der Waals surface area contributed by atoms with Crippen LogP contribution in [-0.4, -0.2) is 44.4 Å². The van der Waals surface area contributed by atoms with Gasteiger partial charge in [0.15, 0.2) is 4.34 Å². The molecule has 1 aromatic carbocycles. The zero-order chi connectivity index (χ0) is 15.6. The summed E-state index contributed by atoms with van der Waals surface area (Å²) in [7, 11) is 0. The third kappa shape index (κ3) is 3.27. The maximum Gasteiger partial charge on any atom is 0.174 e. The van der Waals surface area contributed by atoms with Gasteiger partial charge in [-0.15, -0.1) is 10.2 Å². The van der Waals surface area contributed by atoms with E-state index in [0.717, 1.165) is 45.8 Å². The van der Waals surface area contributed by atoms with Crippen molar-refractivity contribution in [1.82, 2.24) is 25.1 Å². The number of piperidine rings is 1. The summed E-state index contributed by atoms with van der Waals surface area (Å²) in [5, 5.41) is 9.60. The highest BCUT2D eigenvalue weighted by Crippen LogP contribution is 2.28. The molecule has 0 bridgehead atoms. The summed E-state index contributed by atoms with van der Waals surface area (Å²) in [6.45, 7) is 3.06. The molecule has 23 heavy (non-hydrogen) atoms. The van der Waals surface area contributed by atoms with E-state index >= 15 is 0 Å². The van der Waals surface area contributed by atoms with Gasteiger partial charge in [0.05, 0.1) is 17.6 Å². The molecular formula is C16H19N5S2. The minimum Gasteiger partial charge on any atom is -0.342 e. The number of aromatic amines is 1. The van der Waals surface area contributed by atoms with E-state index in [-0.39, 0.29) is 0 Å². The summed E-state index contributed by atoms with van der Waals surface area (Å²) >= 11 is 3.37. The number of aromatic nitrogens is 4. The summed E-state index contributed by atoms with van der Waals surface area (Å²) in [6, 6.07) is 8.26. The Hall–Kier alpha value is -1.44. The number of hydrogen-bond donors (Lipinski definition) is 1. The van der Waals surface area contributed by atoms with Gasteiger partial charge in [0.25, 0.3) is 0 Å². The van der Waals surface area contributed by atoms with Gasteiger partial charge < -0.3 is 4.98 Å². The maximum absolute atomic E-state index is 4.78. The van der Waals surface area contributed by atoms with Crippen molar-refractivity contribution in [2.24, 2.45) is 0 Å². The summed E-state index contributed by atoms with van der Waals surface area (Å²) in [5.41, 5.74) is 2.20. The van der Waals surface area contributed by atoms with Crippen LogP contribution in [0, 0.1) is 0 Å². The van der Waals surface area contributed by atoms with Gasteiger partial charge >= 0.3 is 0 Å². The average molecular weight is 345 g/mol. The Morgan fingerprint density at radius 1 is 1.35 bits per heavy atom. The molecule has 5 nitrogen and oxygen atoms in total. The molecule has 2 aromatic heterocycles. The minimum atomic E-state index is 0.476. The van der Waals surface area contributed by atoms with Crippen molar-refractivity contribution in [3.05, 3.63) is 35.1 Å². The summed E-state index contributed by atoms with van der Waals surface area (Å²) in [5.74, 6) is 1.60. The van der Waals surface area contributed by atoms with E-state index in [1.54, 1.807) is 23.1 Å². The Labute approximate surface area is 143 Å². The molecule has 3 aromatic rings. The molecule has 1 N–H and O–H groups in total. The van der Waals surface area contributed by atoms with E-state index < -0.39 is 0 Å². The summed E-state index contributed by atoms with van der Waals surface area (Å²) in [6.07, 6.45) is 4.45. The normalized spacial score (nSPS) is 19.4. The van der Waals surface area contributed by atoms with Crippen LogP contribution in [-0.2, 0) is 6.54 Å². The van der Waals surface area contributed by atoms with E-state index in [1.807, 2.05) is 12.3 Å². The molecule has 3 heterocycles. The SMILES string of the molecule is CSc1nnc(CN2CCC[C@H](c3nc4ccccc4[nH]3)C2)s1. The molecule has 120 valence electrons. The van der Waals surface area contributed by atoms with Crippen molar-refractivity contribution in [1.29, 1.82) is 0 Å². The van der Waals surface area contributed by atoms with Crippen LogP contribution in [0.25, 0.3) is 11.0 Å². The fourth-order valence-corrected chi connectivity index (χ4v) is 4.52. The van der Waals surface area contributed by atoms with E-state index in [1.165, 1.54) is 12.8 Å². The molecule has 0 saturated carbocycles. The fraction of sp³-hybridized carbons (Fsp3) is 0.438. The first kappa shape index (κ1) is 15.1. The highest BCUT2D eigenvalue weighted by Gasteiger charge is 2.24. The molecular weight excluding hydrogens is 326 g/mol. The van der Waals surface area contributed by atoms with Gasteiger partial charge in [0, 0.05) is 12.5 Å². The minimum absolute atomic E-state index is 0.476. The molecule has 4 rings (SSSR count). The first-order valence-corrected chi connectivity index (χ1v) is 9.89. The number of nitrogens with one attached hydrogen (secondary N) is 1. The first-order valence-electron chi connectivity index (χ1n) is 7.85. The number of nitrogens with zero attached hydrogens (tertiary/aromatic N) is 4. The van der Waals surface area contributed by atoms with E-state index in [2.05, 4.69) is 38.3 Å². The number of imidazole rings is 1. The zero-order valence-electron chi connectivity index (χ0n) is 13.0. The Morgan fingerprint density at radius 3 is 3.09 bits per heavy atom. The smallest absolute Gasteiger partial charge is 0.174 e. The Bertz CT molecular complexity index is 763. The van der Waals surface area contributed by atoms with Crippen molar-refractivity contribution in [2.75, 3.05) is 19.3 Å². The van der Waals surface area contributed by atoms with Crippen LogP contribution in [0.2, 0.25) is 0 Å². The van der Waals surface area contributed by atoms with Crippen LogP contribution < -0.4 is 0 Å². The third-order valence-electron chi connectivity index (χ3n) is 4.28. The van der Waals surface area contributed by atoms with Crippen LogP contribution in [0.3, 0.4) is 0 Å². The lowest BCUT2D eigenvalue weighted by Gasteiger charge is -2.30. The second kappa shape index (κ2) is 6.59. The molecule has 7 heteroatoms. The van der Waals surface area contributed by atoms with Crippen LogP contribution >= 0.6 is 23.1 Å². The number of likely N-dealkylation sites (tertiary alicyclic amines) is 1. The van der Waals surface area contributed by atoms with Gasteiger partial charge in [-0.25, -0.2) is 4.98 Å². The van der Waals surface area contributed by atoms with E-state index in [0.29, 0.717) is 5.92 Å². The topological polar surface area (TPSA) is 57.7 Å². The Morgan fingerprint density at radius 2 is 2.26 bits per heavy atom. The third-order valence-corrected chi connectivity index (χ3v) is 6.17. The molecule has 1 atom stereocenters. The lowest BCUT2D eigenvalue weighted by molar-refractivity contribution is 0.196. The number of H-pyrrole nitrogens is 1. The fourth-order valence-electron chi connectivity index (χ4n) is 3.16. The van der Waals surface area contributed by atoms with Crippen LogP contribution in [0.1, 0.15) is 29.6 Å². The number of rotatable bonds is 4. The molecule has 1 fully saturated rings. The molecule has 0 aliphatic carbocycles. The van der Waals surface area contributed by atoms with Gasteiger partial charge in [0.1, 0.15) is 10.8 Å². The predicted molar refractivity (Wildman–Crippen MR) is 95.0 cm³/mol. The summed E-state index contributed by atoms with van der Waals surface area (Å²) in [4.78, 5) is 10.8. The number of para-hydroxylation sites is 2. The summed E-state index contributed by atoms with van der Waals surface area (Å²) < 4.78 is 1.05. The van der Waals surface area contributed by atoms with Crippen LogP contribution in [0.15, 0.2) is 28.6 Å². The predicted octanol–water partition coefficient (Wildman–Crippen LogP) is 3.52. The number of fused-ring (bicyclic) bond motifs is 1. The standard InChI is InChI=1S/C16H19N5S2/c1-22-16-20-19-14(23-16)10-21-8-4-5-11(9-21)15-17-12-6-2-3-7-13(12)18-15/h2-3,6-7,11H,4-5,8-10H2,1H3,(H,17,18)/t11-/m0/s1. The first-order chi connectivity index (χ1) is 11.3. The highest BCUT2D eigenvalue weighted by molar-refractivity contribution is 8.00. The van der Waals surface area contributed by atoms with E-state index in [4.69, 9.17) is 4.98 Å². The molecule has 0 unspecified atom stereocenters. The van der Waals surface area contributed by atoms with Crippen molar-refractivity contribution in [3.63, 3.8) is 0 Å². The van der Waals surface area contributed by atoms with E-state index in [9.17, 15) is 0 Å².